The summed E-state index contributed by atoms with van der Waals surface area (Å²) in [7, 11) is 0. The van der Waals surface area contributed by atoms with Crippen LogP contribution in [0.3, 0.4) is 0 Å². The standard InChI is InChI=1S/C15H13FO3S/c16-10-3-1-9(2-4-10)7-12-14(15(17)18)11-5-6-19-8-13(11)20-12/h1-4H,5-8H2,(H,17,18). The van der Waals surface area contributed by atoms with E-state index in [2.05, 4.69) is 0 Å². The van der Waals surface area contributed by atoms with E-state index in [1.54, 1.807) is 12.1 Å². The highest BCUT2D eigenvalue weighted by atomic mass is 32.1. The van der Waals surface area contributed by atoms with Gasteiger partial charge in [0, 0.05) is 16.2 Å². The molecule has 0 saturated heterocycles. The smallest absolute Gasteiger partial charge is 0.337 e. The number of carbonyl (C=O) groups is 1. The second kappa shape index (κ2) is 5.34. The summed E-state index contributed by atoms with van der Waals surface area (Å²) in [6.45, 7) is 1.06. The van der Waals surface area contributed by atoms with Crippen LogP contribution in [0.1, 0.15) is 31.2 Å². The van der Waals surface area contributed by atoms with Crippen molar-refractivity contribution in [2.45, 2.75) is 19.4 Å². The van der Waals surface area contributed by atoms with Crippen LogP contribution >= 0.6 is 11.3 Å². The molecule has 0 saturated carbocycles. The molecule has 2 heterocycles. The number of carboxylic acid groups (broad SMARTS) is 1. The third-order valence-corrected chi connectivity index (χ3v) is 4.59. The lowest BCUT2D eigenvalue weighted by Crippen LogP contribution is -2.11. The molecule has 3 nitrogen and oxygen atoms in total. The Kier molecular flexibility index (Phi) is 3.54. The Labute approximate surface area is 119 Å². The van der Waals surface area contributed by atoms with E-state index in [1.165, 1.54) is 23.5 Å². The summed E-state index contributed by atoms with van der Waals surface area (Å²) in [6, 6.07) is 6.17. The molecule has 104 valence electrons. The number of carboxylic acids is 1. The number of benzene rings is 1. The fourth-order valence-electron chi connectivity index (χ4n) is 2.45. The number of fused-ring (bicyclic) bond motifs is 1. The maximum absolute atomic E-state index is 12.9. The van der Waals surface area contributed by atoms with E-state index in [1.807, 2.05) is 0 Å². The summed E-state index contributed by atoms with van der Waals surface area (Å²) in [4.78, 5) is 13.3. The fourth-order valence-corrected chi connectivity index (χ4v) is 3.77. The SMILES string of the molecule is O=C(O)c1c(Cc2ccc(F)cc2)sc2c1CCOC2. The molecule has 0 radical (unpaired) electrons. The lowest BCUT2D eigenvalue weighted by Gasteiger charge is -2.12. The molecule has 0 unspecified atom stereocenters. The van der Waals surface area contributed by atoms with Crippen molar-refractivity contribution >= 4 is 17.3 Å². The predicted molar refractivity (Wildman–Crippen MR) is 73.8 cm³/mol. The highest BCUT2D eigenvalue weighted by Crippen LogP contribution is 2.33. The molecule has 5 heteroatoms. The van der Waals surface area contributed by atoms with Crippen molar-refractivity contribution in [3.05, 3.63) is 56.5 Å². The van der Waals surface area contributed by atoms with Gasteiger partial charge in [0.2, 0.25) is 0 Å². The maximum atomic E-state index is 12.9. The molecule has 0 atom stereocenters. The second-order valence-electron chi connectivity index (χ2n) is 4.71. The van der Waals surface area contributed by atoms with Crippen molar-refractivity contribution in [1.29, 1.82) is 0 Å². The third-order valence-electron chi connectivity index (χ3n) is 3.38. The number of hydrogen-bond donors (Lipinski definition) is 1. The van der Waals surface area contributed by atoms with Crippen molar-refractivity contribution in [3.8, 4) is 0 Å². The number of thiophene rings is 1. The van der Waals surface area contributed by atoms with Gasteiger partial charge in [0.1, 0.15) is 5.82 Å². The van der Waals surface area contributed by atoms with E-state index in [4.69, 9.17) is 4.74 Å². The first kappa shape index (κ1) is 13.3. The normalized spacial score (nSPS) is 14.1. The molecule has 0 bridgehead atoms. The molecule has 1 aliphatic rings. The predicted octanol–water partition coefficient (Wildman–Crippen LogP) is 3.25. The van der Waals surface area contributed by atoms with Gasteiger partial charge < -0.3 is 9.84 Å². The minimum atomic E-state index is -0.887. The summed E-state index contributed by atoms with van der Waals surface area (Å²) in [5.74, 6) is -1.17. The largest absolute Gasteiger partial charge is 0.478 e. The molecular weight excluding hydrogens is 279 g/mol. The van der Waals surface area contributed by atoms with E-state index in [-0.39, 0.29) is 5.82 Å². The number of hydrogen-bond acceptors (Lipinski definition) is 3. The van der Waals surface area contributed by atoms with Crippen LogP contribution in [0, 0.1) is 5.82 Å². The van der Waals surface area contributed by atoms with Crippen LogP contribution in [0.5, 0.6) is 0 Å². The van der Waals surface area contributed by atoms with Gasteiger partial charge >= 0.3 is 5.97 Å². The van der Waals surface area contributed by atoms with Gasteiger partial charge in [-0.1, -0.05) is 12.1 Å². The average molecular weight is 292 g/mol. The summed E-state index contributed by atoms with van der Waals surface area (Å²) in [5, 5.41) is 9.44. The van der Waals surface area contributed by atoms with Crippen molar-refractivity contribution in [3.63, 3.8) is 0 Å². The molecule has 1 N–H and O–H groups in total. The van der Waals surface area contributed by atoms with Gasteiger partial charge in [0.15, 0.2) is 0 Å². The third kappa shape index (κ3) is 2.46. The van der Waals surface area contributed by atoms with Crippen LogP contribution in [0.4, 0.5) is 4.39 Å². The van der Waals surface area contributed by atoms with Crippen LogP contribution in [0.15, 0.2) is 24.3 Å². The minimum absolute atomic E-state index is 0.286. The molecule has 3 rings (SSSR count). The molecule has 1 aliphatic heterocycles. The number of rotatable bonds is 3. The highest BCUT2D eigenvalue weighted by Gasteiger charge is 2.25. The highest BCUT2D eigenvalue weighted by molar-refractivity contribution is 7.12. The van der Waals surface area contributed by atoms with Gasteiger partial charge in [-0.3, -0.25) is 0 Å². The van der Waals surface area contributed by atoms with E-state index >= 15 is 0 Å². The van der Waals surface area contributed by atoms with Crippen molar-refractivity contribution < 1.29 is 19.0 Å². The van der Waals surface area contributed by atoms with Crippen LogP contribution in [0.2, 0.25) is 0 Å². The van der Waals surface area contributed by atoms with Gasteiger partial charge in [-0.25, -0.2) is 9.18 Å². The zero-order valence-electron chi connectivity index (χ0n) is 10.7. The van der Waals surface area contributed by atoms with Gasteiger partial charge in [0.25, 0.3) is 0 Å². The van der Waals surface area contributed by atoms with Crippen LogP contribution < -0.4 is 0 Å². The van der Waals surface area contributed by atoms with Gasteiger partial charge in [-0.2, -0.15) is 0 Å². The van der Waals surface area contributed by atoms with Crippen LogP contribution in [-0.4, -0.2) is 17.7 Å². The van der Waals surface area contributed by atoms with E-state index in [0.29, 0.717) is 31.6 Å². The van der Waals surface area contributed by atoms with Crippen molar-refractivity contribution in [1.82, 2.24) is 0 Å². The number of halogens is 1. The Morgan fingerprint density at radius 3 is 2.80 bits per heavy atom. The first-order valence-corrected chi connectivity index (χ1v) is 7.15. The molecule has 1 aromatic heterocycles. The monoisotopic (exact) mass is 292 g/mol. The minimum Gasteiger partial charge on any atom is -0.478 e. The van der Waals surface area contributed by atoms with Gasteiger partial charge in [-0.15, -0.1) is 11.3 Å². The zero-order valence-corrected chi connectivity index (χ0v) is 11.5. The lowest BCUT2D eigenvalue weighted by molar-refractivity contribution is 0.0691. The second-order valence-corrected chi connectivity index (χ2v) is 5.90. The first-order chi connectivity index (χ1) is 9.65. The Morgan fingerprint density at radius 2 is 2.10 bits per heavy atom. The van der Waals surface area contributed by atoms with Crippen LogP contribution in [0.25, 0.3) is 0 Å². The van der Waals surface area contributed by atoms with E-state index in [0.717, 1.165) is 20.9 Å². The van der Waals surface area contributed by atoms with Gasteiger partial charge in [0.05, 0.1) is 18.8 Å². The van der Waals surface area contributed by atoms with Gasteiger partial charge in [-0.05, 0) is 29.7 Å². The Balaban J connectivity index is 1.98. The topological polar surface area (TPSA) is 46.5 Å². The summed E-state index contributed by atoms with van der Waals surface area (Å²) >= 11 is 1.49. The lowest BCUT2D eigenvalue weighted by atomic mass is 10.0. The quantitative estimate of drug-likeness (QED) is 0.944. The summed E-state index contributed by atoms with van der Waals surface area (Å²) in [6.07, 6.45) is 1.16. The van der Waals surface area contributed by atoms with Crippen LogP contribution in [-0.2, 0) is 24.2 Å². The number of ether oxygens (including phenoxy) is 1. The average Bonchev–Trinajstić information content (AvgIpc) is 2.79. The maximum Gasteiger partial charge on any atom is 0.337 e. The van der Waals surface area contributed by atoms with E-state index < -0.39 is 5.97 Å². The molecule has 0 aliphatic carbocycles. The molecule has 0 fully saturated rings. The van der Waals surface area contributed by atoms with E-state index in [9.17, 15) is 14.3 Å². The summed E-state index contributed by atoms with van der Waals surface area (Å²) < 4.78 is 18.3. The van der Waals surface area contributed by atoms with Crippen molar-refractivity contribution in [2.24, 2.45) is 0 Å². The number of aromatic carboxylic acids is 1. The Hall–Kier alpha value is -1.72. The first-order valence-electron chi connectivity index (χ1n) is 6.34. The molecular formula is C15H13FO3S. The summed E-state index contributed by atoms with van der Waals surface area (Å²) in [5.41, 5.74) is 2.23. The molecule has 0 spiro atoms. The molecule has 2 aromatic rings. The fraction of sp³-hybridized carbons (Fsp3) is 0.267. The molecule has 20 heavy (non-hydrogen) atoms. The Morgan fingerprint density at radius 1 is 1.35 bits per heavy atom. The molecule has 0 amide bonds. The molecule has 1 aromatic carbocycles. The van der Waals surface area contributed by atoms with Crippen molar-refractivity contribution in [2.75, 3.05) is 6.61 Å². The zero-order chi connectivity index (χ0) is 14.1. The Bertz CT molecular complexity index is 646.